The summed E-state index contributed by atoms with van der Waals surface area (Å²) in [4.78, 5) is 2.45. The third-order valence-electron chi connectivity index (χ3n) is 18.4. The van der Waals surface area contributed by atoms with E-state index >= 15 is 0 Å². The maximum absolute atomic E-state index is 11.5. The SMILES string of the molecule is CC1=C2C[C@H]3[C@@H](CC=C4C[C@@H](O)CC[C@@]43C)[C@@H]2CC[C@]12O[C@@H]1C[C@H](C)CN(Cc3cn([C@@H]4OC(CO)[C@H](O[C@@H]5OC(CO)[C@H](O[C@@H]6OC(CO)[C@H](O)C(O)[C@H]6O)C(O)[C@H]5O)C(O)[C@H]4O)nn3)[C@H]1[C@H]2C. The smallest absolute Gasteiger partial charge is 0.187 e. The van der Waals surface area contributed by atoms with Crippen LogP contribution in [0.4, 0.5) is 0 Å². The van der Waals surface area contributed by atoms with Gasteiger partial charge in [0.2, 0.25) is 0 Å². The van der Waals surface area contributed by atoms with Crippen molar-refractivity contribution in [3.63, 3.8) is 0 Å². The van der Waals surface area contributed by atoms with Crippen molar-refractivity contribution in [1.82, 2.24) is 19.9 Å². The number of allylic oxidation sites excluding steroid dienone is 2. The molecule has 1 aromatic heterocycles. The Hall–Kier alpha value is -2.10. The molecular formula is C48H74N4O17. The van der Waals surface area contributed by atoms with E-state index in [0.717, 1.165) is 57.9 Å². The number of aliphatic hydroxyl groups is 11. The third-order valence-corrected chi connectivity index (χ3v) is 18.4. The number of fused-ring (bicyclic) bond motifs is 6. The molecule has 0 radical (unpaired) electrons. The normalized spacial score (nSPS) is 51.2. The number of nitrogens with zero attached hydrogens (tertiary/aromatic N) is 4. The Balaban J connectivity index is 0.799. The number of hydrogen-bond acceptors (Lipinski definition) is 20. The van der Waals surface area contributed by atoms with Crippen molar-refractivity contribution in [2.75, 3.05) is 26.4 Å². The highest BCUT2D eigenvalue weighted by atomic mass is 16.7. The molecule has 10 rings (SSSR count). The van der Waals surface area contributed by atoms with Crippen molar-refractivity contribution >= 4 is 0 Å². The second-order valence-electron chi connectivity index (χ2n) is 22.2. The molecular weight excluding hydrogens is 905 g/mol. The summed E-state index contributed by atoms with van der Waals surface area (Å²) in [6.45, 7) is 8.36. The zero-order chi connectivity index (χ0) is 49.0. The summed E-state index contributed by atoms with van der Waals surface area (Å²) < 4.78 is 37.4. The van der Waals surface area contributed by atoms with Crippen molar-refractivity contribution in [3.8, 4) is 0 Å². The largest absolute Gasteiger partial charge is 0.394 e. The van der Waals surface area contributed by atoms with Gasteiger partial charge in [-0.05, 0) is 93.0 Å². The van der Waals surface area contributed by atoms with Gasteiger partial charge in [0.25, 0.3) is 0 Å². The molecule has 388 valence electrons. The van der Waals surface area contributed by atoms with E-state index in [4.69, 9.17) is 28.4 Å². The van der Waals surface area contributed by atoms with Crippen molar-refractivity contribution in [2.24, 2.45) is 35.0 Å². The van der Waals surface area contributed by atoms with Gasteiger partial charge in [0.05, 0.1) is 49.5 Å². The van der Waals surface area contributed by atoms with Gasteiger partial charge >= 0.3 is 0 Å². The minimum absolute atomic E-state index is 0.0300. The number of likely N-dealkylation sites (tertiary alicyclic amines) is 1. The van der Waals surface area contributed by atoms with E-state index in [1.165, 1.54) is 15.8 Å². The first kappa shape index (κ1) is 50.4. The summed E-state index contributed by atoms with van der Waals surface area (Å²) in [6.07, 6.45) is -12.8. The number of ether oxygens (including phenoxy) is 6. The van der Waals surface area contributed by atoms with Crippen LogP contribution >= 0.6 is 0 Å². The predicted molar refractivity (Wildman–Crippen MR) is 237 cm³/mol. The van der Waals surface area contributed by atoms with E-state index in [2.05, 4.69) is 49.0 Å². The fraction of sp³-hybridized carbons (Fsp3) is 0.875. The average molecular weight is 979 g/mol. The summed E-state index contributed by atoms with van der Waals surface area (Å²) in [5.74, 6) is 2.35. The van der Waals surface area contributed by atoms with Crippen LogP contribution in [0.3, 0.4) is 0 Å². The number of aliphatic hydroxyl groups excluding tert-OH is 11. The van der Waals surface area contributed by atoms with Gasteiger partial charge in [0.1, 0.15) is 73.2 Å². The van der Waals surface area contributed by atoms with Crippen molar-refractivity contribution in [3.05, 3.63) is 34.7 Å². The van der Waals surface area contributed by atoms with Gasteiger partial charge in [-0.1, -0.05) is 43.2 Å². The van der Waals surface area contributed by atoms with Gasteiger partial charge in [0.15, 0.2) is 18.8 Å². The van der Waals surface area contributed by atoms with Crippen LogP contribution in [0.5, 0.6) is 0 Å². The molecule has 5 aliphatic heterocycles. The molecule has 25 atom stereocenters. The zero-order valence-electron chi connectivity index (χ0n) is 39.8. The molecule has 5 saturated heterocycles. The Morgan fingerprint density at radius 1 is 0.768 bits per heavy atom. The molecule has 9 aliphatic rings. The lowest BCUT2D eigenvalue weighted by Gasteiger charge is -2.49. The van der Waals surface area contributed by atoms with E-state index in [0.29, 0.717) is 35.9 Å². The topological polar surface area (TPSA) is 312 Å². The molecule has 0 aromatic carbocycles. The summed E-state index contributed by atoms with van der Waals surface area (Å²) in [5, 5.41) is 126. The van der Waals surface area contributed by atoms with E-state index in [-0.39, 0.29) is 35.2 Å². The van der Waals surface area contributed by atoms with Gasteiger partial charge < -0.3 is 84.6 Å². The highest BCUT2D eigenvalue weighted by Gasteiger charge is 2.62. The van der Waals surface area contributed by atoms with Crippen LogP contribution in [0.25, 0.3) is 0 Å². The minimum Gasteiger partial charge on any atom is -0.394 e. The Bertz CT molecular complexity index is 2060. The lowest BCUT2D eigenvalue weighted by Crippen LogP contribution is -2.66. The molecule has 21 heteroatoms. The number of piperidine rings is 1. The number of aromatic nitrogens is 3. The van der Waals surface area contributed by atoms with Crippen LogP contribution in [-0.2, 0) is 35.0 Å². The molecule has 69 heavy (non-hydrogen) atoms. The maximum Gasteiger partial charge on any atom is 0.187 e. The Labute approximate surface area is 401 Å². The van der Waals surface area contributed by atoms with Crippen LogP contribution in [0.15, 0.2) is 29.0 Å². The van der Waals surface area contributed by atoms with Gasteiger partial charge in [-0.15, -0.1) is 5.10 Å². The molecule has 21 nitrogen and oxygen atoms in total. The van der Waals surface area contributed by atoms with Gasteiger partial charge in [0, 0.05) is 25.0 Å². The minimum atomic E-state index is -1.94. The van der Waals surface area contributed by atoms with Crippen molar-refractivity contribution in [2.45, 2.75) is 202 Å². The fourth-order valence-corrected chi connectivity index (χ4v) is 14.6. The van der Waals surface area contributed by atoms with Crippen LogP contribution in [0.2, 0.25) is 0 Å². The van der Waals surface area contributed by atoms with Gasteiger partial charge in [-0.25, -0.2) is 4.68 Å². The number of hydrogen-bond donors (Lipinski definition) is 11. The molecule has 1 aromatic rings. The first-order valence-corrected chi connectivity index (χ1v) is 25.2. The van der Waals surface area contributed by atoms with Crippen molar-refractivity contribution in [1.29, 1.82) is 0 Å². The van der Waals surface area contributed by atoms with Crippen LogP contribution < -0.4 is 0 Å². The highest BCUT2D eigenvalue weighted by Crippen LogP contribution is 2.65. The summed E-state index contributed by atoms with van der Waals surface area (Å²) in [6, 6.07) is 0.124. The molecule has 7 fully saturated rings. The lowest BCUT2D eigenvalue weighted by atomic mass is 9.56. The van der Waals surface area contributed by atoms with Crippen LogP contribution in [0.1, 0.15) is 91.0 Å². The second-order valence-corrected chi connectivity index (χ2v) is 22.2. The summed E-state index contributed by atoms with van der Waals surface area (Å²) in [7, 11) is 0. The molecule has 6 unspecified atom stereocenters. The molecule has 6 heterocycles. The molecule has 11 N–H and O–H groups in total. The molecule has 1 spiro atoms. The third kappa shape index (κ3) is 8.41. The van der Waals surface area contributed by atoms with E-state index in [1.54, 1.807) is 11.8 Å². The summed E-state index contributed by atoms with van der Waals surface area (Å²) >= 11 is 0. The van der Waals surface area contributed by atoms with E-state index in [9.17, 15) is 56.2 Å². The highest BCUT2D eigenvalue weighted by molar-refractivity contribution is 5.38. The van der Waals surface area contributed by atoms with Crippen molar-refractivity contribution < 1.29 is 84.6 Å². The van der Waals surface area contributed by atoms with Gasteiger partial charge in [-0.2, -0.15) is 0 Å². The standard InChI is InChI=1S/C48H74N4O17/c1-20-11-30-34(22(3)48(69-30)10-8-26-27-6-5-23-12-25(56)7-9-47(23,4)29(27)13-28(26)21(48)2)51(14-20)15-24-16-52(50-49-24)44-39(61)37(59)42(32(18-54)64-44)67-46-41(63)38(60)43(33(19-55)66-46)68-45-40(62)36(58)35(57)31(17-53)65-45/h5,16,20,22,25-27,29-46,53-63H,6-15,17-19H2,1-4H3/t20-,22+,25-,26-,27-,29-,30+,31?,32?,33?,34-,35-,36?,37?,38?,39+,40+,41+,42-,43-,44+,45-,46-,47-,48-/m0/s1. The first-order valence-electron chi connectivity index (χ1n) is 25.2. The first-order chi connectivity index (χ1) is 32.9. The molecule has 0 bridgehead atoms. The summed E-state index contributed by atoms with van der Waals surface area (Å²) in [5.41, 5.74) is 4.89. The Morgan fingerprint density at radius 2 is 1.42 bits per heavy atom. The zero-order valence-corrected chi connectivity index (χ0v) is 39.8. The molecule has 4 aliphatic carbocycles. The molecule has 0 amide bonds. The van der Waals surface area contributed by atoms with Crippen LogP contribution in [-0.4, -0.2) is 212 Å². The number of rotatable bonds is 10. The monoisotopic (exact) mass is 979 g/mol. The quantitative estimate of drug-likeness (QED) is 0.114. The lowest BCUT2D eigenvalue weighted by molar-refractivity contribution is -0.374. The van der Waals surface area contributed by atoms with Gasteiger partial charge in [-0.3, -0.25) is 4.90 Å². The van der Waals surface area contributed by atoms with E-state index in [1.807, 2.05) is 0 Å². The predicted octanol–water partition coefficient (Wildman–Crippen LogP) is -1.87. The Morgan fingerprint density at radius 3 is 2.12 bits per heavy atom. The molecule has 2 saturated carbocycles. The maximum atomic E-state index is 11.5. The van der Waals surface area contributed by atoms with E-state index < -0.39 is 112 Å². The Kier molecular flexibility index (Phi) is 14.1. The average Bonchev–Trinajstić information content (AvgIpc) is 4.04. The second kappa shape index (κ2) is 19.3. The van der Waals surface area contributed by atoms with Crippen LogP contribution in [0, 0.1) is 35.0 Å². The fourth-order valence-electron chi connectivity index (χ4n) is 14.6.